The van der Waals surface area contributed by atoms with Gasteiger partial charge in [-0.3, -0.25) is 14.4 Å². The van der Waals surface area contributed by atoms with E-state index >= 15 is 0 Å². The second kappa shape index (κ2) is 11.3. The minimum atomic E-state index is -2.25. The Bertz CT molecular complexity index is 1570. The SMILES string of the molecule is CCC(C)C(=O)O[C@H]1C[C@@H](OC(C)=O)[C@@]2(C(=O)OC)CO[C@H]3[C@@H](O)[C@@](C)([C@]45O[C@@]4(C)[C@H]4C[C@@H]5O[C@@H]5OCC[C@@]54O)[C@@H]4[C@@](OC)(C(=O)OC)OC[C@@]14[C@@H]32. The molecule has 16 heteroatoms. The molecule has 16 nitrogen and oxygen atoms in total. The van der Waals surface area contributed by atoms with Crippen molar-refractivity contribution in [3.05, 3.63) is 0 Å². The van der Waals surface area contributed by atoms with Crippen LogP contribution in [0.4, 0.5) is 0 Å². The average molecular weight is 739 g/mol. The molecule has 0 radical (unpaired) electrons. The highest BCUT2D eigenvalue weighted by Gasteiger charge is 2.97. The Morgan fingerprint density at radius 2 is 1.67 bits per heavy atom. The normalized spacial score (nSPS) is 53.8. The molecular weight excluding hydrogens is 688 g/mol. The molecule has 52 heavy (non-hydrogen) atoms. The molecule has 17 atom stereocenters. The number of ether oxygens (including phenoxy) is 10. The number of aliphatic hydroxyl groups excluding tert-OH is 1. The average Bonchev–Trinajstić information content (AvgIpc) is 3.52. The zero-order valence-corrected chi connectivity index (χ0v) is 30.8. The Balaban J connectivity index is 1.40. The number of methoxy groups -OCH3 is 3. The van der Waals surface area contributed by atoms with Crippen molar-refractivity contribution in [1.29, 1.82) is 0 Å². The van der Waals surface area contributed by atoms with Gasteiger partial charge in [-0.15, -0.1) is 0 Å². The van der Waals surface area contributed by atoms with E-state index < -0.39 is 123 Å². The summed E-state index contributed by atoms with van der Waals surface area (Å²) in [6.45, 7) is 8.03. The van der Waals surface area contributed by atoms with Crippen LogP contribution in [0.5, 0.6) is 0 Å². The van der Waals surface area contributed by atoms with Gasteiger partial charge in [0, 0.05) is 55.5 Å². The molecule has 0 aromatic rings. The van der Waals surface area contributed by atoms with E-state index in [1.165, 1.54) is 28.3 Å². The van der Waals surface area contributed by atoms with Crippen molar-refractivity contribution in [2.75, 3.05) is 41.2 Å². The number of fused-ring (bicyclic) bond motifs is 7. The fraction of sp³-hybridized carbons (Fsp3) is 0.889. The molecule has 8 aliphatic rings. The lowest BCUT2D eigenvalue weighted by atomic mass is 9.37. The number of carbonyl (C=O) groups is 4. The molecule has 1 spiro atoms. The number of hydrogen-bond donors (Lipinski definition) is 2. The molecule has 290 valence electrons. The van der Waals surface area contributed by atoms with E-state index in [1.54, 1.807) is 13.8 Å². The van der Waals surface area contributed by atoms with Gasteiger partial charge in [0.05, 0.1) is 58.3 Å². The van der Waals surface area contributed by atoms with E-state index in [9.17, 15) is 29.4 Å². The third-order valence-corrected chi connectivity index (χ3v) is 15.0. The lowest BCUT2D eigenvalue weighted by Gasteiger charge is -2.66. The molecule has 2 bridgehead atoms. The minimum Gasteiger partial charge on any atom is -0.468 e. The number of carbonyl (C=O) groups excluding carboxylic acids is 4. The number of aliphatic hydroxyl groups is 2. The molecule has 1 unspecified atom stereocenters. The Labute approximate surface area is 301 Å². The van der Waals surface area contributed by atoms with Gasteiger partial charge in [-0.25, -0.2) is 4.79 Å². The zero-order valence-electron chi connectivity index (χ0n) is 30.8. The summed E-state index contributed by atoms with van der Waals surface area (Å²) in [7, 11) is 3.68. The van der Waals surface area contributed by atoms with Crippen molar-refractivity contribution in [2.45, 2.75) is 120 Å². The van der Waals surface area contributed by atoms with Gasteiger partial charge in [-0.2, -0.15) is 0 Å². The molecule has 5 aliphatic heterocycles. The van der Waals surface area contributed by atoms with Crippen LogP contribution < -0.4 is 0 Å². The van der Waals surface area contributed by atoms with Crippen molar-refractivity contribution < 1.29 is 76.8 Å². The van der Waals surface area contributed by atoms with Crippen molar-refractivity contribution in [3.8, 4) is 0 Å². The summed E-state index contributed by atoms with van der Waals surface area (Å²) in [5.74, 6) is -8.63. The lowest BCUT2D eigenvalue weighted by molar-refractivity contribution is -0.319. The van der Waals surface area contributed by atoms with E-state index in [2.05, 4.69) is 0 Å². The molecule has 8 rings (SSSR count). The number of rotatable bonds is 8. The quantitative estimate of drug-likeness (QED) is 0.197. The van der Waals surface area contributed by atoms with Gasteiger partial charge >= 0.3 is 23.9 Å². The topological polar surface area (TPSA) is 204 Å². The zero-order chi connectivity index (χ0) is 37.6. The van der Waals surface area contributed by atoms with E-state index in [0.717, 1.165) is 0 Å². The van der Waals surface area contributed by atoms with Gasteiger partial charge in [0.25, 0.3) is 5.79 Å². The van der Waals surface area contributed by atoms with Gasteiger partial charge in [0.15, 0.2) is 6.29 Å². The summed E-state index contributed by atoms with van der Waals surface area (Å²) >= 11 is 0. The number of hydrogen-bond acceptors (Lipinski definition) is 16. The second-order valence-corrected chi connectivity index (χ2v) is 16.6. The second-order valence-electron chi connectivity index (χ2n) is 16.6. The Kier molecular flexibility index (Phi) is 7.94. The van der Waals surface area contributed by atoms with Gasteiger partial charge in [-0.05, 0) is 19.8 Å². The Hall–Kier alpha value is -2.44. The van der Waals surface area contributed by atoms with Crippen molar-refractivity contribution in [3.63, 3.8) is 0 Å². The third-order valence-electron chi connectivity index (χ3n) is 15.0. The van der Waals surface area contributed by atoms with E-state index in [1.807, 2.05) is 13.8 Å². The van der Waals surface area contributed by atoms with E-state index in [0.29, 0.717) is 25.9 Å². The highest BCUT2D eigenvalue weighted by Crippen LogP contribution is 2.83. The summed E-state index contributed by atoms with van der Waals surface area (Å²) < 4.78 is 61.7. The summed E-state index contributed by atoms with van der Waals surface area (Å²) in [6.07, 6.45) is -5.91. The first-order chi connectivity index (χ1) is 24.5. The highest BCUT2D eigenvalue weighted by atomic mass is 16.7. The van der Waals surface area contributed by atoms with Crippen LogP contribution in [0.1, 0.15) is 60.3 Å². The molecule has 0 amide bonds. The maximum Gasteiger partial charge on any atom is 0.366 e. The standard InChI is InChI=1S/C36H50O16/c1-9-16(2)25(39)50-19-13-20(49-17(3)37)33(27(40)43-6)14-47-22-23(33)32(19)15-48-35(45-8,28(41)44-7)26(32)30(4,24(22)38)36-21-12-18(31(36,5)52-36)34(42)10-11-46-29(34)51-21/h16,18-24,26,29,38,42H,9-15H2,1-8H3/t16?,18-,19+,20-,21+,22-,23-,24-,26+,29+,30-,31+,32+,33+,34+,35+,36+/m1/s1. The summed E-state index contributed by atoms with van der Waals surface area (Å²) in [5, 5.41) is 25.1. The third kappa shape index (κ3) is 3.81. The van der Waals surface area contributed by atoms with Gasteiger partial charge in [0.2, 0.25) is 0 Å². The molecule has 5 saturated heterocycles. The summed E-state index contributed by atoms with van der Waals surface area (Å²) in [5.41, 5.74) is -8.84. The molecular formula is C36H50O16. The molecule has 3 saturated carbocycles. The Morgan fingerprint density at radius 1 is 0.962 bits per heavy atom. The largest absolute Gasteiger partial charge is 0.468 e. The van der Waals surface area contributed by atoms with Crippen LogP contribution >= 0.6 is 0 Å². The molecule has 0 aromatic heterocycles. The molecule has 8 fully saturated rings. The van der Waals surface area contributed by atoms with Gasteiger partial charge in [-0.1, -0.05) is 20.8 Å². The molecule has 3 aliphatic carbocycles. The molecule has 2 N–H and O–H groups in total. The predicted molar refractivity (Wildman–Crippen MR) is 169 cm³/mol. The van der Waals surface area contributed by atoms with Crippen LogP contribution in [0.3, 0.4) is 0 Å². The van der Waals surface area contributed by atoms with Crippen LogP contribution in [0, 0.1) is 39.9 Å². The maximum absolute atomic E-state index is 14.3. The molecule has 0 aromatic carbocycles. The van der Waals surface area contributed by atoms with Crippen molar-refractivity contribution >= 4 is 23.9 Å². The fourth-order valence-electron chi connectivity index (χ4n) is 12.8. The van der Waals surface area contributed by atoms with E-state index in [4.69, 9.17) is 47.4 Å². The van der Waals surface area contributed by atoms with Gasteiger partial charge < -0.3 is 57.6 Å². The first-order valence-corrected chi connectivity index (χ1v) is 18.2. The van der Waals surface area contributed by atoms with E-state index in [-0.39, 0.29) is 19.6 Å². The Morgan fingerprint density at radius 3 is 2.31 bits per heavy atom. The van der Waals surface area contributed by atoms with Crippen LogP contribution in [0.15, 0.2) is 0 Å². The summed E-state index contributed by atoms with van der Waals surface area (Å²) in [4.78, 5) is 55.1. The highest BCUT2D eigenvalue weighted by molar-refractivity contribution is 5.82. The number of esters is 4. The number of epoxide rings is 1. The minimum absolute atomic E-state index is 0.195. The van der Waals surface area contributed by atoms with Crippen molar-refractivity contribution in [2.24, 2.45) is 39.9 Å². The monoisotopic (exact) mass is 738 g/mol. The lowest BCUT2D eigenvalue weighted by Crippen LogP contribution is -2.79. The molecule has 5 heterocycles. The van der Waals surface area contributed by atoms with Crippen LogP contribution in [-0.2, 0) is 66.5 Å². The smallest absolute Gasteiger partial charge is 0.366 e. The maximum atomic E-state index is 14.3. The van der Waals surface area contributed by atoms with Crippen LogP contribution in [0.25, 0.3) is 0 Å². The van der Waals surface area contributed by atoms with Gasteiger partial charge in [0.1, 0.15) is 34.4 Å². The first kappa shape index (κ1) is 36.5. The van der Waals surface area contributed by atoms with Crippen molar-refractivity contribution in [1.82, 2.24) is 0 Å². The summed E-state index contributed by atoms with van der Waals surface area (Å²) in [6, 6.07) is 0. The van der Waals surface area contributed by atoms with Crippen LogP contribution in [-0.4, -0.2) is 135 Å². The first-order valence-electron chi connectivity index (χ1n) is 18.2. The van der Waals surface area contributed by atoms with Crippen LogP contribution in [0.2, 0.25) is 0 Å². The fourth-order valence-corrected chi connectivity index (χ4v) is 12.8. The predicted octanol–water partition coefficient (Wildman–Crippen LogP) is 0.407.